The molecule has 1 aromatic carbocycles. The van der Waals surface area contributed by atoms with E-state index in [0.29, 0.717) is 31.9 Å². The van der Waals surface area contributed by atoms with Gasteiger partial charge in [0.1, 0.15) is 5.82 Å². The fraction of sp³-hybridized carbons (Fsp3) is 0.300. The second-order valence-electron chi connectivity index (χ2n) is 6.92. The third-order valence-corrected chi connectivity index (χ3v) is 4.85. The first kappa shape index (κ1) is 21.0. The number of aromatic nitrogens is 2. The molecule has 1 saturated heterocycles. The van der Waals surface area contributed by atoms with Crippen molar-refractivity contribution >= 4 is 23.7 Å². The minimum absolute atomic E-state index is 0.227. The summed E-state index contributed by atoms with van der Waals surface area (Å²) < 4.78 is 15.2. The molecule has 0 spiro atoms. The van der Waals surface area contributed by atoms with E-state index in [0.717, 1.165) is 4.57 Å². The van der Waals surface area contributed by atoms with Crippen LogP contribution in [0.5, 0.6) is 0 Å². The van der Waals surface area contributed by atoms with Crippen molar-refractivity contribution in [2.75, 3.05) is 31.5 Å². The predicted octanol–water partition coefficient (Wildman–Crippen LogP) is 0.613. The number of nitrogens with zero attached hydrogens (tertiary/aromatic N) is 4. The summed E-state index contributed by atoms with van der Waals surface area (Å²) >= 11 is 0. The fourth-order valence-electron chi connectivity index (χ4n) is 3.08. The molecule has 9 nitrogen and oxygen atoms in total. The third kappa shape index (κ3) is 4.65. The molecule has 1 aliphatic rings. The molecule has 1 aromatic heterocycles. The van der Waals surface area contributed by atoms with Gasteiger partial charge in [-0.3, -0.25) is 14.2 Å². The van der Waals surface area contributed by atoms with E-state index in [-0.39, 0.29) is 23.3 Å². The van der Waals surface area contributed by atoms with Gasteiger partial charge in [0.25, 0.3) is 5.56 Å². The molecule has 158 valence electrons. The molecular weight excluding hydrogens is 393 g/mol. The third-order valence-electron chi connectivity index (χ3n) is 4.85. The lowest BCUT2D eigenvalue weighted by Crippen LogP contribution is -2.51. The summed E-state index contributed by atoms with van der Waals surface area (Å²) in [5, 5.41) is 2.69. The molecule has 0 saturated carbocycles. The summed E-state index contributed by atoms with van der Waals surface area (Å²) in [5.74, 6) is -0.673. The molecule has 2 aromatic rings. The number of aryl methyl sites for hydroxylation is 1. The van der Waals surface area contributed by atoms with Crippen molar-refractivity contribution in [2.24, 2.45) is 14.1 Å². The summed E-state index contributed by atoms with van der Waals surface area (Å²) in [6, 6.07) is 5.15. The maximum Gasteiger partial charge on any atom is 0.330 e. The topological polar surface area (TPSA) is 96.7 Å². The maximum absolute atomic E-state index is 12.9. The summed E-state index contributed by atoms with van der Waals surface area (Å²) in [4.78, 5) is 51.7. The number of urea groups is 1. The lowest BCUT2D eigenvalue weighted by Gasteiger charge is -2.34. The average molecular weight is 415 g/mol. The maximum atomic E-state index is 12.9. The Morgan fingerprint density at radius 3 is 2.23 bits per heavy atom. The van der Waals surface area contributed by atoms with E-state index >= 15 is 0 Å². The highest BCUT2D eigenvalue weighted by atomic mass is 19.1. The van der Waals surface area contributed by atoms with E-state index in [2.05, 4.69) is 5.32 Å². The van der Waals surface area contributed by atoms with Crippen molar-refractivity contribution in [1.29, 1.82) is 0 Å². The Hall–Kier alpha value is -3.69. The van der Waals surface area contributed by atoms with Gasteiger partial charge in [-0.2, -0.15) is 0 Å². The van der Waals surface area contributed by atoms with Crippen LogP contribution < -0.4 is 16.6 Å². The van der Waals surface area contributed by atoms with E-state index in [1.807, 2.05) is 0 Å². The monoisotopic (exact) mass is 415 g/mol. The first-order valence-electron chi connectivity index (χ1n) is 9.31. The summed E-state index contributed by atoms with van der Waals surface area (Å²) in [7, 11) is 2.90. The molecule has 0 aliphatic carbocycles. The first-order chi connectivity index (χ1) is 14.3. The second-order valence-corrected chi connectivity index (χ2v) is 6.92. The zero-order valence-electron chi connectivity index (χ0n) is 16.7. The van der Waals surface area contributed by atoms with Crippen LogP contribution >= 0.6 is 0 Å². The van der Waals surface area contributed by atoms with Crippen molar-refractivity contribution in [3.63, 3.8) is 0 Å². The van der Waals surface area contributed by atoms with Crippen molar-refractivity contribution in [2.45, 2.75) is 0 Å². The van der Waals surface area contributed by atoms with Crippen molar-refractivity contribution in [1.82, 2.24) is 18.9 Å². The minimum Gasteiger partial charge on any atom is -0.336 e. The first-order valence-corrected chi connectivity index (χ1v) is 9.31. The quantitative estimate of drug-likeness (QED) is 0.743. The largest absolute Gasteiger partial charge is 0.336 e. The van der Waals surface area contributed by atoms with Crippen molar-refractivity contribution < 1.29 is 14.0 Å². The number of nitrogens with one attached hydrogen (secondary N) is 1. The summed E-state index contributed by atoms with van der Waals surface area (Å²) in [5.41, 5.74) is -0.213. The van der Waals surface area contributed by atoms with Gasteiger partial charge in [-0.25, -0.2) is 14.0 Å². The predicted molar refractivity (Wildman–Crippen MR) is 110 cm³/mol. The average Bonchev–Trinajstić information content (AvgIpc) is 2.75. The van der Waals surface area contributed by atoms with Gasteiger partial charge in [-0.15, -0.1) is 0 Å². The van der Waals surface area contributed by atoms with E-state index in [1.165, 1.54) is 61.3 Å². The Balaban J connectivity index is 1.57. The lowest BCUT2D eigenvalue weighted by molar-refractivity contribution is -0.127. The second kappa shape index (κ2) is 8.76. The highest BCUT2D eigenvalue weighted by Crippen LogP contribution is 2.11. The number of piperazine rings is 1. The summed E-state index contributed by atoms with van der Waals surface area (Å²) in [6.07, 6.45) is 4.05. The number of benzene rings is 1. The van der Waals surface area contributed by atoms with Crippen molar-refractivity contribution in [3.05, 3.63) is 68.8 Å². The number of anilines is 1. The molecule has 3 amide bonds. The fourth-order valence-corrected chi connectivity index (χ4v) is 3.08. The van der Waals surface area contributed by atoms with Crippen LogP contribution in [0, 0.1) is 5.82 Å². The van der Waals surface area contributed by atoms with Gasteiger partial charge in [0, 0.05) is 58.2 Å². The SMILES string of the molecule is Cn1cc(/C=C/C(=O)N2CCN(C(=O)Nc3ccc(F)cc3)CC2)c(=O)n(C)c1=O. The Morgan fingerprint density at radius 1 is 1.00 bits per heavy atom. The van der Waals surface area contributed by atoms with E-state index in [4.69, 9.17) is 0 Å². The highest BCUT2D eigenvalue weighted by molar-refractivity contribution is 5.92. The Labute approximate surface area is 171 Å². The van der Waals surface area contributed by atoms with E-state index < -0.39 is 11.2 Å². The lowest BCUT2D eigenvalue weighted by atomic mass is 10.2. The number of carbonyl (C=O) groups is 2. The molecule has 10 heteroatoms. The smallest absolute Gasteiger partial charge is 0.330 e. The Kier molecular flexibility index (Phi) is 6.14. The number of hydrogen-bond donors (Lipinski definition) is 1. The van der Waals surface area contributed by atoms with Crippen LogP contribution in [-0.4, -0.2) is 57.1 Å². The van der Waals surface area contributed by atoms with Gasteiger partial charge in [0.2, 0.25) is 5.91 Å². The van der Waals surface area contributed by atoms with Crippen LogP contribution in [0.2, 0.25) is 0 Å². The minimum atomic E-state index is -0.482. The number of rotatable bonds is 3. The van der Waals surface area contributed by atoms with Gasteiger partial charge >= 0.3 is 11.7 Å². The van der Waals surface area contributed by atoms with Gasteiger partial charge in [0.05, 0.1) is 5.56 Å². The normalized spacial score (nSPS) is 14.2. The summed E-state index contributed by atoms with van der Waals surface area (Å²) in [6.45, 7) is 1.36. The zero-order chi connectivity index (χ0) is 21.8. The van der Waals surface area contributed by atoms with Gasteiger partial charge < -0.3 is 19.7 Å². The molecule has 1 N–H and O–H groups in total. The number of carbonyl (C=O) groups excluding carboxylic acids is 2. The van der Waals surface area contributed by atoms with Crippen molar-refractivity contribution in [3.8, 4) is 0 Å². The van der Waals surface area contributed by atoms with Crippen LogP contribution in [0.3, 0.4) is 0 Å². The van der Waals surface area contributed by atoms with Crippen LogP contribution in [0.4, 0.5) is 14.9 Å². The van der Waals surface area contributed by atoms with Crippen LogP contribution in [0.25, 0.3) is 6.08 Å². The van der Waals surface area contributed by atoms with Crippen LogP contribution in [0.1, 0.15) is 5.56 Å². The van der Waals surface area contributed by atoms with Gasteiger partial charge in [0.15, 0.2) is 0 Å². The van der Waals surface area contributed by atoms with Gasteiger partial charge in [-0.05, 0) is 30.3 Å². The van der Waals surface area contributed by atoms with E-state index in [9.17, 15) is 23.6 Å². The number of amides is 3. The molecule has 0 bridgehead atoms. The molecule has 0 radical (unpaired) electrons. The molecule has 2 heterocycles. The Morgan fingerprint density at radius 2 is 1.60 bits per heavy atom. The van der Waals surface area contributed by atoms with Crippen LogP contribution in [-0.2, 0) is 18.9 Å². The molecule has 3 rings (SSSR count). The Bertz CT molecular complexity index is 1100. The molecular formula is C20H22FN5O4. The standard InChI is InChI=1S/C20H22FN5O4/c1-23-13-14(18(28)24(2)20(23)30)3-8-17(27)25-9-11-26(12-10-25)19(29)22-16-6-4-15(21)5-7-16/h3-8,13H,9-12H2,1-2H3,(H,22,29)/b8-3+. The number of hydrogen-bond acceptors (Lipinski definition) is 4. The van der Waals surface area contributed by atoms with Gasteiger partial charge in [-0.1, -0.05) is 0 Å². The molecule has 1 aliphatic heterocycles. The molecule has 0 atom stereocenters. The zero-order valence-corrected chi connectivity index (χ0v) is 16.7. The van der Waals surface area contributed by atoms with Crippen LogP contribution in [0.15, 0.2) is 46.1 Å². The highest BCUT2D eigenvalue weighted by Gasteiger charge is 2.23. The molecule has 0 unspecified atom stereocenters. The van der Waals surface area contributed by atoms with E-state index in [1.54, 1.807) is 9.80 Å². The molecule has 1 fully saturated rings. The number of halogens is 1. The molecule has 30 heavy (non-hydrogen) atoms.